The topological polar surface area (TPSA) is 43.4 Å². The van der Waals surface area contributed by atoms with Crippen LogP contribution in [-0.4, -0.2) is 25.0 Å². The predicted molar refractivity (Wildman–Crippen MR) is 63.1 cm³/mol. The number of hydrogen-bond acceptors (Lipinski definition) is 3. The minimum absolute atomic E-state index is 0.105. The second-order valence-electron chi connectivity index (χ2n) is 2.88. The van der Waals surface area contributed by atoms with Gasteiger partial charge < -0.3 is 4.74 Å². The zero-order valence-corrected chi connectivity index (χ0v) is 11.3. The lowest BCUT2D eigenvalue weighted by Gasteiger charge is -2.06. The van der Waals surface area contributed by atoms with Gasteiger partial charge in [0.1, 0.15) is 0 Å². The lowest BCUT2D eigenvalue weighted by Crippen LogP contribution is -2.26. The molecule has 0 aliphatic carbocycles. The Kier molecular flexibility index (Phi) is 4.61. The first-order chi connectivity index (χ1) is 7.47. The van der Waals surface area contributed by atoms with Gasteiger partial charge in [-0.3, -0.25) is 4.79 Å². The van der Waals surface area contributed by atoms with Gasteiger partial charge in [-0.1, -0.05) is 6.07 Å². The Morgan fingerprint density at radius 2 is 1.94 bits per heavy atom. The number of ketones is 1. The number of carbonyl (C=O) groups excluding carboxylic acids is 2. The maximum Gasteiger partial charge on any atom is 0.348 e. The van der Waals surface area contributed by atoms with Crippen LogP contribution in [0, 0.1) is 0 Å². The van der Waals surface area contributed by atoms with E-state index in [4.69, 9.17) is 0 Å². The Bertz CT molecular complexity index is 434. The molecule has 0 radical (unpaired) electrons. The fourth-order valence-electron chi connectivity index (χ4n) is 1.01. The maximum atomic E-state index is 13.3. The summed E-state index contributed by atoms with van der Waals surface area (Å²) in [5.74, 6) is -2.11. The first kappa shape index (κ1) is 13.3. The molecule has 3 nitrogen and oxygen atoms in total. The van der Waals surface area contributed by atoms with E-state index < -0.39 is 17.9 Å². The highest BCUT2D eigenvalue weighted by atomic mass is 79.9. The van der Waals surface area contributed by atoms with Crippen molar-refractivity contribution < 1.29 is 18.7 Å². The summed E-state index contributed by atoms with van der Waals surface area (Å²) >= 11 is 6.39. The lowest BCUT2D eigenvalue weighted by atomic mass is 10.1. The smallest absolute Gasteiger partial charge is 0.348 e. The number of methoxy groups -OCH3 is 1. The number of benzene rings is 1. The van der Waals surface area contributed by atoms with Crippen molar-refractivity contribution in [1.29, 1.82) is 0 Å². The third kappa shape index (κ3) is 2.89. The zero-order chi connectivity index (χ0) is 12.3. The Labute approximate surface area is 108 Å². The Balaban J connectivity index is 2.97. The highest BCUT2D eigenvalue weighted by molar-refractivity contribution is 9.13. The molecule has 1 unspecified atom stereocenters. The fourth-order valence-corrected chi connectivity index (χ4v) is 1.63. The number of halogens is 3. The van der Waals surface area contributed by atoms with Gasteiger partial charge in [-0.15, -0.1) is 0 Å². The quantitative estimate of drug-likeness (QED) is 0.476. The highest BCUT2D eigenvalue weighted by Crippen LogP contribution is 2.24. The maximum absolute atomic E-state index is 13.3. The normalized spacial score (nSPS) is 12.0. The Morgan fingerprint density at radius 1 is 1.31 bits per heavy atom. The number of carbonyl (C=O) groups is 2. The predicted octanol–water partition coefficient (Wildman–Crippen LogP) is 2.91. The lowest BCUT2D eigenvalue weighted by molar-refractivity contribution is -0.144. The molecule has 6 heteroatoms. The van der Waals surface area contributed by atoms with E-state index in [-0.39, 0.29) is 5.56 Å². The van der Waals surface area contributed by atoms with Crippen LogP contribution in [0.15, 0.2) is 27.1 Å². The van der Waals surface area contributed by atoms with E-state index in [1.165, 1.54) is 12.1 Å². The van der Waals surface area contributed by atoms with Gasteiger partial charge in [0, 0.05) is 14.5 Å². The highest BCUT2D eigenvalue weighted by Gasteiger charge is 2.28. The summed E-state index contributed by atoms with van der Waals surface area (Å²) in [6.45, 7) is 0. The summed E-state index contributed by atoms with van der Waals surface area (Å²) < 4.78 is 18.8. The van der Waals surface area contributed by atoms with Crippen LogP contribution >= 0.6 is 31.9 Å². The van der Waals surface area contributed by atoms with Crippen molar-refractivity contribution in [2.45, 2.75) is 6.17 Å². The van der Waals surface area contributed by atoms with Gasteiger partial charge in [0.2, 0.25) is 5.78 Å². The molecule has 0 aliphatic heterocycles. The second-order valence-corrected chi connectivity index (χ2v) is 4.59. The molecule has 0 spiro atoms. The number of ether oxygens (including phenoxy) is 1. The molecular formula is C10H7Br2FO3. The van der Waals surface area contributed by atoms with Crippen molar-refractivity contribution >= 4 is 43.6 Å². The van der Waals surface area contributed by atoms with E-state index in [0.29, 0.717) is 4.47 Å². The van der Waals surface area contributed by atoms with Crippen LogP contribution in [0.25, 0.3) is 0 Å². The van der Waals surface area contributed by atoms with Gasteiger partial charge in [-0.25, -0.2) is 9.18 Å². The molecule has 0 aromatic heterocycles. The number of Topliss-reactive ketones (excluding diaryl/α,β-unsaturated/α-hetero) is 1. The number of hydrogen-bond donors (Lipinski definition) is 0. The monoisotopic (exact) mass is 352 g/mol. The van der Waals surface area contributed by atoms with Crippen LogP contribution in [0.1, 0.15) is 10.4 Å². The third-order valence-electron chi connectivity index (χ3n) is 1.84. The molecule has 0 amide bonds. The van der Waals surface area contributed by atoms with Gasteiger partial charge in [0.05, 0.1) is 7.11 Å². The minimum Gasteiger partial charge on any atom is -0.467 e. The van der Waals surface area contributed by atoms with E-state index in [9.17, 15) is 14.0 Å². The number of alkyl halides is 1. The molecule has 0 bridgehead atoms. The van der Waals surface area contributed by atoms with Gasteiger partial charge in [0.25, 0.3) is 6.17 Å². The van der Waals surface area contributed by atoms with Crippen molar-refractivity contribution in [3.63, 3.8) is 0 Å². The third-order valence-corrected chi connectivity index (χ3v) is 3.72. The first-order valence-corrected chi connectivity index (χ1v) is 5.77. The SMILES string of the molecule is COC(=O)C(F)C(=O)c1ccc(Br)c(Br)c1. The van der Waals surface area contributed by atoms with Gasteiger partial charge in [-0.05, 0) is 44.0 Å². The van der Waals surface area contributed by atoms with Crippen molar-refractivity contribution in [3.8, 4) is 0 Å². The molecule has 0 saturated heterocycles. The summed E-state index contributed by atoms with van der Waals surface area (Å²) in [6.07, 6.45) is -2.28. The summed E-state index contributed by atoms with van der Waals surface area (Å²) in [6, 6.07) is 4.44. The standard InChI is InChI=1S/C10H7Br2FO3/c1-16-10(15)8(13)9(14)5-2-3-6(11)7(12)4-5/h2-4,8H,1H3. The molecule has 86 valence electrons. The summed E-state index contributed by atoms with van der Waals surface area (Å²) in [5, 5.41) is 0. The van der Waals surface area contributed by atoms with Crippen molar-refractivity contribution in [3.05, 3.63) is 32.7 Å². The molecule has 1 aromatic rings. The molecular weight excluding hydrogens is 347 g/mol. The van der Waals surface area contributed by atoms with E-state index >= 15 is 0 Å². The van der Waals surface area contributed by atoms with Gasteiger partial charge in [-0.2, -0.15) is 0 Å². The Morgan fingerprint density at radius 3 is 2.44 bits per heavy atom. The second kappa shape index (κ2) is 5.54. The average molecular weight is 354 g/mol. The summed E-state index contributed by atoms with van der Waals surface area (Å²) in [4.78, 5) is 22.3. The molecule has 0 saturated carbocycles. The fraction of sp³-hybridized carbons (Fsp3) is 0.200. The zero-order valence-electron chi connectivity index (χ0n) is 8.17. The van der Waals surface area contributed by atoms with E-state index in [1.54, 1.807) is 6.07 Å². The van der Waals surface area contributed by atoms with Gasteiger partial charge >= 0.3 is 5.97 Å². The van der Waals surface area contributed by atoms with Crippen molar-refractivity contribution in [2.75, 3.05) is 7.11 Å². The average Bonchev–Trinajstić information content (AvgIpc) is 2.29. The number of esters is 1. The van der Waals surface area contributed by atoms with Crippen LogP contribution in [0.3, 0.4) is 0 Å². The van der Waals surface area contributed by atoms with Crippen LogP contribution in [0.5, 0.6) is 0 Å². The minimum atomic E-state index is -2.28. The van der Waals surface area contributed by atoms with E-state index in [1.807, 2.05) is 0 Å². The van der Waals surface area contributed by atoms with Crippen molar-refractivity contribution in [1.82, 2.24) is 0 Å². The molecule has 0 heterocycles. The first-order valence-electron chi connectivity index (χ1n) is 4.18. The van der Waals surface area contributed by atoms with Crippen LogP contribution < -0.4 is 0 Å². The molecule has 1 rings (SSSR count). The van der Waals surface area contributed by atoms with Crippen molar-refractivity contribution in [2.24, 2.45) is 0 Å². The molecule has 0 aliphatic rings. The molecule has 16 heavy (non-hydrogen) atoms. The van der Waals surface area contributed by atoms with Crippen LogP contribution in [0.4, 0.5) is 4.39 Å². The largest absolute Gasteiger partial charge is 0.467 e. The molecule has 1 aromatic carbocycles. The van der Waals surface area contributed by atoms with Gasteiger partial charge in [0.15, 0.2) is 0 Å². The van der Waals surface area contributed by atoms with E-state index in [0.717, 1.165) is 11.6 Å². The molecule has 0 fully saturated rings. The Hall–Kier alpha value is -0.750. The van der Waals surface area contributed by atoms with E-state index in [2.05, 4.69) is 36.6 Å². The van der Waals surface area contributed by atoms with Crippen LogP contribution in [0.2, 0.25) is 0 Å². The summed E-state index contributed by atoms with van der Waals surface area (Å²) in [5.41, 5.74) is 0.105. The van der Waals surface area contributed by atoms with Crippen LogP contribution in [-0.2, 0) is 9.53 Å². The molecule has 1 atom stereocenters. The molecule has 0 N–H and O–H groups in total. The number of rotatable bonds is 3. The summed E-state index contributed by atoms with van der Waals surface area (Å²) in [7, 11) is 1.03.